The highest BCUT2D eigenvalue weighted by Gasteiger charge is 2.40. The molecule has 8 heteroatoms. The van der Waals surface area contributed by atoms with Crippen LogP contribution in [0.15, 0.2) is 22.8 Å². The van der Waals surface area contributed by atoms with E-state index in [0.717, 1.165) is 0 Å². The Morgan fingerprint density at radius 2 is 1.93 bits per heavy atom. The second-order valence-corrected chi connectivity index (χ2v) is 9.12. The Balaban J connectivity index is 2.24. The largest absolute Gasteiger partial charge is 0.504 e. The van der Waals surface area contributed by atoms with Crippen molar-refractivity contribution in [3.05, 3.63) is 32.8 Å². The summed E-state index contributed by atoms with van der Waals surface area (Å²) in [7, 11) is 1.61. The van der Waals surface area contributed by atoms with Gasteiger partial charge in [-0.05, 0) is 81.0 Å². The first-order valence-electron chi connectivity index (χ1n) is 8.80. The Bertz CT molecular complexity index is 810. The summed E-state index contributed by atoms with van der Waals surface area (Å²) in [6, 6.07) is 2.76. The van der Waals surface area contributed by atoms with Crippen LogP contribution >= 0.6 is 22.6 Å². The minimum absolute atomic E-state index is 0.211. The fourth-order valence-corrected chi connectivity index (χ4v) is 3.61. The number of ether oxygens (including phenoxy) is 2. The highest BCUT2D eigenvalue weighted by molar-refractivity contribution is 14.1. The quantitative estimate of drug-likeness (QED) is 0.451. The molecule has 0 saturated heterocycles. The summed E-state index contributed by atoms with van der Waals surface area (Å²) >= 11 is 1.84. The molecule has 154 valence electrons. The molecule has 0 unspecified atom stereocenters. The number of phenols is 1. The van der Waals surface area contributed by atoms with E-state index in [1.54, 1.807) is 25.0 Å². The Labute approximate surface area is 178 Å². The number of amides is 1. The number of methoxy groups -OCH3 is 1. The van der Waals surface area contributed by atoms with E-state index < -0.39 is 22.7 Å². The highest BCUT2D eigenvalue weighted by Crippen LogP contribution is 2.30. The first-order valence-corrected chi connectivity index (χ1v) is 9.88. The van der Waals surface area contributed by atoms with Crippen LogP contribution in [0.25, 0.3) is 6.08 Å². The molecule has 0 radical (unpaired) electrons. The van der Waals surface area contributed by atoms with Gasteiger partial charge in [0.1, 0.15) is 11.5 Å². The van der Waals surface area contributed by atoms with Gasteiger partial charge in [-0.3, -0.25) is 9.69 Å². The summed E-state index contributed by atoms with van der Waals surface area (Å²) in [5.41, 5.74) is -0.460. The summed E-state index contributed by atoms with van der Waals surface area (Å²) in [6.45, 7) is 10.1. The lowest BCUT2D eigenvalue weighted by Gasteiger charge is -2.37. The number of amidine groups is 1. The average molecular weight is 504 g/mol. The molecule has 1 aliphatic heterocycles. The number of halogens is 2. The summed E-state index contributed by atoms with van der Waals surface area (Å²) in [5.74, 6) is -0.878. The smallest absolute Gasteiger partial charge is 0.278 e. The number of phenolic OH excluding ortho intramolecular Hbond substituents is 1. The lowest BCUT2D eigenvalue weighted by atomic mass is 10.0. The van der Waals surface area contributed by atoms with Gasteiger partial charge >= 0.3 is 0 Å². The van der Waals surface area contributed by atoms with Gasteiger partial charge in [0.05, 0.1) is 27.9 Å². The number of nitrogens with zero attached hydrogens (tertiary/aromatic N) is 2. The van der Waals surface area contributed by atoms with Crippen LogP contribution in [0.3, 0.4) is 0 Å². The van der Waals surface area contributed by atoms with Gasteiger partial charge in [0.25, 0.3) is 5.91 Å². The number of aliphatic imine (C=N–C) groups is 1. The number of hydrogen-bond acceptors (Lipinski definition) is 5. The summed E-state index contributed by atoms with van der Waals surface area (Å²) in [4.78, 5) is 18.9. The average Bonchev–Trinajstić information content (AvgIpc) is 2.85. The van der Waals surface area contributed by atoms with Crippen molar-refractivity contribution in [2.75, 3.05) is 20.3 Å². The molecule has 0 fully saturated rings. The summed E-state index contributed by atoms with van der Waals surface area (Å²) in [6.07, 6.45) is 1.52. The van der Waals surface area contributed by atoms with E-state index in [-0.39, 0.29) is 11.6 Å². The first kappa shape index (κ1) is 22.8. The third-order valence-corrected chi connectivity index (χ3v) is 5.11. The molecular weight excluding hydrogens is 478 g/mol. The molecule has 2 rings (SSSR count). The van der Waals surface area contributed by atoms with Crippen molar-refractivity contribution in [1.82, 2.24) is 4.90 Å². The van der Waals surface area contributed by atoms with Gasteiger partial charge in [-0.1, -0.05) is 0 Å². The van der Waals surface area contributed by atoms with Crippen LogP contribution < -0.4 is 0 Å². The Morgan fingerprint density at radius 3 is 2.50 bits per heavy atom. The van der Waals surface area contributed by atoms with Crippen molar-refractivity contribution >= 4 is 40.4 Å². The molecule has 1 aromatic rings. The second kappa shape index (κ2) is 8.46. The van der Waals surface area contributed by atoms with E-state index in [9.17, 15) is 14.3 Å². The monoisotopic (exact) mass is 504 g/mol. The van der Waals surface area contributed by atoms with Gasteiger partial charge in [0, 0.05) is 7.11 Å². The van der Waals surface area contributed by atoms with Crippen molar-refractivity contribution in [2.24, 2.45) is 4.99 Å². The molecule has 6 nitrogen and oxygen atoms in total. The van der Waals surface area contributed by atoms with Crippen molar-refractivity contribution in [3.63, 3.8) is 0 Å². The maximum Gasteiger partial charge on any atom is 0.278 e. The number of carbonyl (C=O) groups is 1. The zero-order chi connectivity index (χ0) is 21.3. The van der Waals surface area contributed by atoms with E-state index in [1.165, 1.54) is 12.1 Å². The molecule has 28 heavy (non-hydrogen) atoms. The van der Waals surface area contributed by atoms with Crippen LogP contribution in [0.2, 0.25) is 0 Å². The third kappa shape index (κ3) is 5.09. The minimum atomic E-state index is -0.740. The molecule has 0 aliphatic carbocycles. The second-order valence-electron chi connectivity index (χ2n) is 7.96. The maximum absolute atomic E-state index is 13.8. The van der Waals surface area contributed by atoms with Gasteiger partial charge < -0.3 is 14.6 Å². The lowest BCUT2D eigenvalue weighted by Crippen LogP contribution is -2.52. The molecule has 0 aromatic heterocycles. The van der Waals surface area contributed by atoms with Crippen molar-refractivity contribution in [2.45, 2.75) is 45.8 Å². The molecule has 0 spiro atoms. The van der Waals surface area contributed by atoms with Gasteiger partial charge in [-0.15, -0.1) is 0 Å². The molecular formula is C20H26FIN2O4. The van der Waals surface area contributed by atoms with Crippen LogP contribution in [0.1, 0.15) is 40.2 Å². The maximum atomic E-state index is 13.8. The number of carbonyl (C=O) groups excluding carboxylic acids is 1. The van der Waals surface area contributed by atoms with E-state index in [4.69, 9.17) is 9.47 Å². The zero-order valence-electron chi connectivity index (χ0n) is 17.0. The van der Waals surface area contributed by atoms with Gasteiger partial charge in [-0.2, -0.15) is 0 Å². The van der Waals surface area contributed by atoms with E-state index in [0.29, 0.717) is 28.2 Å². The van der Waals surface area contributed by atoms with Crippen LogP contribution in [0.5, 0.6) is 5.75 Å². The van der Waals surface area contributed by atoms with Crippen molar-refractivity contribution < 1.29 is 23.8 Å². The molecule has 1 heterocycles. The predicted molar refractivity (Wildman–Crippen MR) is 115 cm³/mol. The fourth-order valence-electron chi connectivity index (χ4n) is 2.99. The molecule has 1 amide bonds. The van der Waals surface area contributed by atoms with Crippen molar-refractivity contribution in [1.29, 1.82) is 0 Å². The third-order valence-electron chi connectivity index (χ3n) is 4.28. The minimum Gasteiger partial charge on any atom is -0.504 e. The van der Waals surface area contributed by atoms with Gasteiger partial charge in [-0.25, -0.2) is 9.38 Å². The topological polar surface area (TPSA) is 71.4 Å². The molecule has 0 saturated carbocycles. The standard InChI is InChI=1S/C20H26FIN2O4/c1-12-23-16(9-13-7-14(21)17(25)15(22)8-13)18(26)24(12)19(2,3)10-28-20(4,5)11-27-6/h7-9,25H,10-11H2,1-6H3/b16-9-. The highest BCUT2D eigenvalue weighted by atomic mass is 127. The normalized spacial score (nSPS) is 16.9. The Hall–Kier alpha value is -1.52. The lowest BCUT2D eigenvalue weighted by molar-refractivity contribution is -0.132. The molecule has 1 aliphatic rings. The SMILES string of the molecule is COCC(C)(C)OCC(C)(C)N1C(=O)/C(=C/c2cc(F)c(O)c(I)c2)N=C1C. The van der Waals surface area contributed by atoms with Crippen molar-refractivity contribution in [3.8, 4) is 5.75 Å². The van der Waals surface area contributed by atoms with Crippen LogP contribution in [0.4, 0.5) is 4.39 Å². The van der Waals surface area contributed by atoms with E-state index in [1.807, 2.05) is 50.3 Å². The molecule has 1 N–H and O–H groups in total. The van der Waals surface area contributed by atoms with Crippen LogP contribution in [0, 0.1) is 9.39 Å². The molecule has 0 atom stereocenters. The Morgan fingerprint density at radius 1 is 1.29 bits per heavy atom. The van der Waals surface area contributed by atoms with Gasteiger partial charge in [0.15, 0.2) is 11.6 Å². The predicted octanol–water partition coefficient (Wildman–Crippen LogP) is 3.96. The molecule has 0 bridgehead atoms. The fraction of sp³-hybridized carbons (Fsp3) is 0.500. The number of hydrogen-bond donors (Lipinski definition) is 1. The van der Waals surface area contributed by atoms with E-state index >= 15 is 0 Å². The van der Waals surface area contributed by atoms with Gasteiger partial charge in [0.2, 0.25) is 0 Å². The van der Waals surface area contributed by atoms with Crippen LogP contribution in [-0.2, 0) is 14.3 Å². The number of aromatic hydroxyl groups is 1. The summed E-state index contributed by atoms with van der Waals surface area (Å²) < 4.78 is 25.3. The van der Waals surface area contributed by atoms with Crippen LogP contribution in [-0.4, -0.2) is 53.2 Å². The summed E-state index contributed by atoms with van der Waals surface area (Å²) in [5, 5.41) is 9.57. The number of benzene rings is 1. The zero-order valence-corrected chi connectivity index (χ0v) is 19.1. The number of rotatable bonds is 7. The van der Waals surface area contributed by atoms with E-state index in [2.05, 4.69) is 4.99 Å². The Kier molecular flexibility index (Phi) is 6.88. The first-order chi connectivity index (χ1) is 12.9. The molecule has 1 aromatic carbocycles.